The average molecular weight is 276 g/mol. The van der Waals surface area contributed by atoms with Crippen LogP contribution in [0, 0.1) is 11.3 Å². The molecule has 0 radical (unpaired) electrons. The van der Waals surface area contributed by atoms with Crippen molar-refractivity contribution in [2.75, 3.05) is 5.73 Å². The Morgan fingerprint density at radius 1 is 1.14 bits per heavy atom. The van der Waals surface area contributed by atoms with Gasteiger partial charge in [0.25, 0.3) is 5.56 Å². The molecule has 0 aliphatic rings. The van der Waals surface area contributed by atoms with E-state index in [1.165, 1.54) is 0 Å². The van der Waals surface area contributed by atoms with Crippen LogP contribution in [-0.4, -0.2) is 10.2 Å². The highest BCUT2D eigenvalue weighted by Crippen LogP contribution is 2.19. The van der Waals surface area contributed by atoms with E-state index in [1.807, 2.05) is 18.2 Å². The molecule has 0 bridgehead atoms. The number of nitrogens with one attached hydrogen (secondary N) is 1. The highest BCUT2D eigenvalue weighted by molar-refractivity contribution is 5.86. The van der Waals surface area contributed by atoms with Gasteiger partial charge in [0.15, 0.2) is 0 Å². The normalized spacial score (nSPS) is 10.4. The van der Waals surface area contributed by atoms with E-state index in [2.05, 4.69) is 16.3 Å². The first-order valence-corrected chi connectivity index (χ1v) is 6.43. The first-order chi connectivity index (χ1) is 10.2. The van der Waals surface area contributed by atoms with Crippen LogP contribution >= 0.6 is 0 Å². The summed E-state index contributed by atoms with van der Waals surface area (Å²) in [4.78, 5) is 11.8. The minimum atomic E-state index is -0.249. The molecule has 5 heteroatoms. The maximum absolute atomic E-state index is 11.8. The van der Waals surface area contributed by atoms with Crippen LogP contribution in [0.25, 0.3) is 10.8 Å². The molecule has 21 heavy (non-hydrogen) atoms. The molecule has 102 valence electrons. The monoisotopic (exact) mass is 276 g/mol. The number of aromatic amines is 1. The van der Waals surface area contributed by atoms with Crippen molar-refractivity contribution in [2.45, 2.75) is 6.42 Å². The zero-order valence-electron chi connectivity index (χ0n) is 11.1. The number of hydrogen-bond acceptors (Lipinski definition) is 4. The van der Waals surface area contributed by atoms with Gasteiger partial charge in [0.2, 0.25) is 0 Å². The molecule has 0 atom stereocenters. The topological polar surface area (TPSA) is 95.6 Å². The fourth-order valence-electron chi connectivity index (χ4n) is 2.27. The molecule has 3 aromatic rings. The van der Waals surface area contributed by atoms with Crippen LogP contribution in [0.5, 0.6) is 0 Å². The summed E-state index contributed by atoms with van der Waals surface area (Å²) in [6.45, 7) is 0. The largest absolute Gasteiger partial charge is 0.399 e. The molecule has 0 unspecified atom stereocenters. The summed E-state index contributed by atoms with van der Waals surface area (Å²) >= 11 is 0. The Labute approximate surface area is 120 Å². The van der Waals surface area contributed by atoms with E-state index in [-0.39, 0.29) is 5.56 Å². The van der Waals surface area contributed by atoms with Crippen molar-refractivity contribution in [3.63, 3.8) is 0 Å². The maximum atomic E-state index is 11.8. The zero-order valence-corrected chi connectivity index (χ0v) is 11.1. The first kappa shape index (κ1) is 12.9. The van der Waals surface area contributed by atoms with Gasteiger partial charge in [-0.1, -0.05) is 18.2 Å². The Morgan fingerprint density at radius 3 is 2.62 bits per heavy atom. The van der Waals surface area contributed by atoms with Crippen molar-refractivity contribution in [1.29, 1.82) is 5.26 Å². The summed E-state index contributed by atoms with van der Waals surface area (Å²) in [6.07, 6.45) is 0.572. The van der Waals surface area contributed by atoms with Crippen molar-refractivity contribution in [3.8, 4) is 6.07 Å². The van der Waals surface area contributed by atoms with Gasteiger partial charge in [-0.2, -0.15) is 10.4 Å². The molecule has 3 rings (SSSR count). The smallest absolute Gasteiger partial charge is 0.272 e. The third-order valence-electron chi connectivity index (χ3n) is 3.35. The van der Waals surface area contributed by atoms with Crippen LogP contribution in [0.2, 0.25) is 0 Å². The maximum Gasteiger partial charge on any atom is 0.272 e. The molecule has 1 heterocycles. The summed E-state index contributed by atoms with van der Waals surface area (Å²) < 4.78 is 0. The van der Waals surface area contributed by atoms with Gasteiger partial charge in [0, 0.05) is 17.5 Å². The average Bonchev–Trinajstić information content (AvgIpc) is 2.51. The first-order valence-electron chi connectivity index (χ1n) is 6.43. The lowest BCUT2D eigenvalue weighted by Crippen LogP contribution is -2.11. The molecular formula is C16H12N4O. The van der Waals surface area contributed by atoms with Crippen LogP contribution in [0.4, 0.5) is 5.69 Å². The number of nitrogens with two attached hydrogens (primary N) is 1. The summed E-state index contributed by atoms with van der Waals surface area (Å²) in [6, 6.07) is 14.6. The summed E-state index contributed by atoms with van der Waals surface area (Å²) in [5.41, 5.74) is 8.43. The Morgan fingerprint density at radius 2 is 1.90 bits per heavy atom. The predicted octanol–water partition coefficient (Wildman–Crippen LogP) is 1.97. The van der Waals surface area contributed by atoms with Gasteiger partial charge in [0.05, 0.1) is 22.7 Å². The fraction of sp³-hybridized carbons (Fsp3) is 0.0625. The van der Waals surface area contributed by atoms with Crippen LogP contribution in [0.1, 0.15) is 16.8 Å². The van der Waals surface area contributed by atoms with E-state index < -0.39 is 0 Å². The van der Waals surface area contributed by atoms with Gasteiger partial charge in [-0.05, 0) is 29.8 Å². The molecule has 0 amide bonds. The molecule has 3 N–H and O–H groups in total. The highest BCUT2D eigenvalue weighted by Gasteiger charge is 2.08. The standard InChI is InChI=1S/C16H12N4O/c17-9-11-3-1-10(2-4-11)7-15-13-6-5-12(18)8-14(13)16(21)20-19-15/h1-6,8H,7,18H2,(H,20,21). The van der Waals surface area contributed by atoms with E-state index in [9.17, 15) is 4.79 Å². The molecule has 0 saturated heterocycles. The molecule has 0 aliphatic carbocycles. The molecule has 0 saturated carbocycles. The lowest BCUT2D eigenvalue weighted by molar-refractivity contribution is 0.934. The van der Waals surface area contributed by atoms with Crippen LogP contribution < -0.4 is 11.3 Å². The molecule has 2 aromatic carbocycles. The SMILES string of the molecule is N#Cc1ccc(Cc2n[nH]c(=O)c3cc(N)ccc23)cc1. The number of hydrogen-bond donors (Lipinski definition) is 2. The molecule has 0 spiro atoms. The second kappa shape index (κ2) is 5.10. The van der Waals surface area contributed by atoms with Gasteiger partial charge in [0.1, 0.15) is 0 Å². The van der Waals surface area contributed by atoms with Gasteiger partial charge in [-0.25, -0.2) is 5.10 Å². The summed E-state index contributed by atoms with van der Waals surface area (Å²) in [5, 5.41) is 16.8. The Hall–Kier alpha value is -3.13. The van der Waals surface area contributed by atoms with Crippen molar-refractivity contribution in [2.24, 2.45) is 0 Å². The van der Waals surface area contributed by atoms with Gasteiger partial charge >= 0.3 is 0 Å². The van der Waals surface area contributed by atoms with Crippen LogP contribution in [0.15, 0.2) is 47.3 Å². The number of benzene rings is 2. The van der Waals surface area contributed by atoms with Gasteiger partial charge in [-0.15, -0.1) is 0 Å². The Kier molecular flexibility index (Phi) is 3.13. The molecule has 1 aromatic heterocycles. The number of nitriles is 1. The van der Waals surface area contributed by atoms with Crippen molar-refractivity contribution in [3.05, 3.63) is 69.6 Å². The van der Waals surface area contributed by atoms with Crippen molar-refractivity contribution < 1.29 is 0 Å². The van der Waals surface area contributed by atoms with E-state index >= 15 is 0 Å². The van der Waals surface area contributed by atoms with Gasteiger partial charge in [-0.3, -0.25) is 4.79 Å². The number of H-pyrrole nitrogens is 1. The molecule has 5 nitrogen and oxygen atoms in total. The Bertz CT molecular complexity index is 904. The number of nitrogens with zero attached hydrogens (tertiary/aromatic N) is 2. The minimum Gasteiger partial charge on any atom is -0.399 e. The second-order valence-electron chi connectivity index (χ2n) is 4.79. The van der Waals surface area contributed by atoms with Crippen LogP contribution in [0.3, 0.4) is 0 Å². The van der Waals surface area contributed by atoms with E-state index in [4.69, 9.17) is 11.0 Å². The Balaban J connectivity index is 2.06. The van der Waals surface area contributed by atoms with Crippen molar-refractivity contribution >= 4 is 16.5 Å². The quantitative estimate of drug-likeness (QED) is 0.699. The fourth-order valence-corrected chi connectivity index (χ4v) is 2.27. The van der Waals surface area contributed by atoms with Crippen molar-refractivity contribution in [1.82, 2.24) is 10.2 Å². The molecule has 0 fully saturated rings. The zero-order chi connectivity index (χ0) is 14.8. The lowest BCUT2D eigenvalue weighted by Gasteiger charge is -2.06. The number of rotatable bonds is 2. The van der Waals surface area contributed by atoms with Gasteiger partial charge < -0.3 is 5.73 Å². The number of fused-ring (bicyclic) bond motifs is 1. The summed E-state index contributed by atoms with van der Waals surface area (Å²) in [5.74, 6) is 0. The lowest BCUT2D eigenvalue weighted by atomic mass is 10.0. The third kappa shape index (κ3) is 2.47. The molecule has 0 aliphatic heterocycles. The number of aromatic nitrogens is 2. The third-order valence-corrected chi connectivity index (χ3v) is 3.35. The predicted molar refractivity (Wildman–Crippen MR) is 80.7 cm³/mol. The number of anilines is 1. The second-order valence-corrected chi connectivity index (χ2v) is 4.79. The van der Waals surface area contributed by atoms with E-state index in [1.54, 1.807) is 24.3 Å². The minimum absolute atomic E-state index is 0.249. The summed E-state index contributed by atoms with van der Waals surface area (Å²) in [7, 11) is 0. The van der Waals surface area contributed by atoms with Crippen LogP contribution in [-0.2, 0) is 6.42 Å². The molecular weight excluding hydrogens is 264 g/mol. The highest BCUT2D eigenvalue weighted by atomic mass is 16.1. The van der Waals surface area contributed by atoms with E-state index in [0.717, 1.165) is 16.6 Å². The number of nitrogen functional groups attached to an aromatic ring is 1. The van der Waals surface area contributed by atoms with E-state index in [0.29, 0.717) is 23.1 Å².